The van der Waals surface area contributed by atoms with Crippen molar-refractivity contribution in [2.75, 3.05) is 5.75 Å². The fraction of sp³-hybridized carbons (Fsp3) is 0.0952. The number of thioether (sulfide) groups is 1. The summed E-state index contributed by atoms with van der Waals surface area (Å²) < 4.78 is 15.0. The second-order valence-corrected chi connectivity index (χ2v) is 8.63. The summed E-state index contributed by atoms with van der Waals surface area (Å²) >= 11 is 8.48. The van der Waals surface area contributed by atoms with Crippen LogP contribution in [0.3, 0.4) is 0 Å². The van der Waals surface area contributed by atoms with Gasteiger partial charge in [0.05, 0.1) is 17.0 Å². The van der Waals surface area contributed by atoms with Gasteiger partial charge in [0.15, 0.2) is 5.16 Å². The molecule has 1 N–H and O–H groups in total. The van der Waals surface area contributed by atoms with E-state index < -0.39 is 0 Å². The molecule has 2 aromatic heterocycles. The van der Waals surface area contributed by atoms with Crippen molar-refractivity contribution >= 4 is 50.8 Å². The first-order valence-electron chi connectivity index (χ1n) is 8.91. The number of fused-ring (bicyclic) bond motifs is 1. The number of halogens is 2. The molecule has 0 spiro atoms. The normalized spacial score (nSPS) is 11.0. The van der Waals surface area contributed by atoms with Crippen LogP contribution in [0, 0.1) is 5.82 Å². The Morgan fingerprint density at radius 2 is 1.87 bits per heavy atom. The summed E-state index contributed by atoms with van der Waals surface area (Å²) in [5, 5.41) is 5.59. The summed E-state index contributed by atoms with van der Waals surface area (Å²) in [5.74, 6) is -0.459. The van der Waals surface area contributed by atoms with Gasteiger partial charge in [0.1, 0.15) is 10.5 Å². The summed E-state index contributed by atoms with van der Waals surface area (Å²) in [5.41, 5.74) is 1.84. The molecule has 0 aliphatic carbocycles. The van der Waals surface area contributed by atoms with E-state index in [9.17, 15) is 14.0 Å². The Morgan fingerprint density at radius 3 is 2.60 bits per heavy atom. The quantitative estimate of drug-likeness (QED) is 0.337. The third-order valence-electron chi connectivity index (χ3n) is 4.27. The summed E-state index contributed by atoms with van der Waals surface area (Å²) in [6.45, 7) is 0.292. The average molecular weight is 460 g/mol. The maximum atomic E-state index is 13.0. The van der Waals surface area contributed by atoms with Crippen LogP contribution in [-0.2, 0) is 11.3 Å². The Kier molecular flexibility index (Phi) is 6.17. The highest BCUT2D eigenvalue weighted by Gasteiger charge is 2.15. The van der Waals surface area contributed by atoms with Crippen LogP contribution in [0.25, 0.3) is 15.9 Å². The lowest BCUT2D eigenvalue weighted by atomic mass is 10.2. The molecule has 4 aromatic rings. The SMILES string of the molecule is O=C(CSc1nc2ccsc2c(=O)n1-c1ccc(Cl)cc1)NCc1ccc(F)cc1. The average Bonchev–Trinajstić information content (AvgIpc) is 3.22. The molecule has 0 radical (unpaired) electrons. The van der Waals surface area contributed by atoms with Gasteiger partial charge in [0, 0.05) is 11.6 Å². The Bertz CT molecular complexity index is 1250. The fourth-order valence-electron chi connectivity index (χ4n) is 2.79. The van der Waals surface area contributed by atoms with Crippen molar-refractivity contribution in [1.29, 1.82) is 0 Å². The van der Waals surface area contributed by atoms with Crippen molar-refractivity contribution in [2.24, 2.45) is 0 Å². The van der Waals surface area contributed by atoms with Gasteiger partial charge in [0.2, 0.25) is 5.91 Å². The van der Waals surface area contributed by atoms with Crippen LogP contribution in [0.4, 0.5) is 4.39 Å². The van der Waals surface area contributed by atoms with E-state index >= 15 is 0 Å². The minimum absolute atomic E-state index is 0.0802. The van der Waals surface area contributed by atoms with Gasteiger partial charge in [-0.1, -0.05) is 35.5 Å². The van der Waals surface area contributed by atoms with Gasteiger partial charge < -0.3 is 5.32 Å². The number of aromatic nitrogens is 2. The molecular formula is C21H15ClFN3O2S2. The number of amides is 1. The first kappa shape index (κ1) is 20.6. The number of benzene rings is 2. The molecule has 30 heavy (non-hydrogen) atoms. The molecule has 0 bridgehead atoms. The summed E-state index contributed by atoms with van der Waals surface area (Å²) in [6.07, 6.45) is 0. The van der Waals surface area contributed by atoms with Gasteiger partial charge in [-0.25, -0.2) is 9.37 Å². The molecule has 0 atom stereocenters. The van der Waals surface area contributed by atoms with Crippen LogP contribution < -0.4 is 10.9 Å². The van der Waals surface area contributed by atoms with Crippen LogP contribution >= 0.6 is 34.7 Å². The number of carbonyl (C=O) groups excluding carboxylic acids is 1. The highest BCUT2D eigenvalue weighted by Crippen LogP contribution is 2.24. The number of hydrogen-bond donors (Lipinski definition) is 1. The number of rotatable bonds is 6. The molecule has 0 fully saturated rings. The fourth-order valence-corrected chi connectivity index (χ4v) is 4.52. The molecular weight excluding hydrogens is 445 g/mol. The lowest BCUT2D eigenvalue weighted by molar-refractivity contribution is -0.118. The molecule has 4 rings (SSSR count). The first-order valence-corrected chi connectivity index (χ1v) is 11.2. The van der Waals surface area contributed by atoms with Crippen molar-refractivity contribution in [3.8, 4) is 5.69 Å². The minimum atomic E-state index is -0.323. The van der Waals surface area contributed by atoms with Gasteiger partial charge in [-0.05, 0) is 53.4 Å². The van der Waals surface area contributed by atoms with Crippen LogP contribution in [0.1, 0.15) is 5.56 Å². The summed E-state index contributed by atoms with van der Waals surface area (Å²) in [6, 6.07) is 14.6. The van der Waals surface area contributed by atoms with Crippen molar-refractivity contribution in [3.05, 3.63) is 86.7 Å². The van der Waals surface area contributed by atoms with E-state index in [4.69, 9.17) is 11.6 Å². The van der Waals surface area contributed by atoms with Gasteiger partial charge in [-0.2, -0.15) is 0 Å². The van der Waals surface area contributed by atoms with Gasteiger partial charge in [0.25, 0.3) is 5.56 Å². The molecule has 9 heteroatoms. The van der Waals surface area contributed by atoms with E-state index in [-0.39, 0.29) is 23.0 Å². The largest absolute Gasteiger partial charge is 0.351 e. The highest BCUT2D eigenvalue weighted by molar-refractivity contribution is 7.99. The second-order valence-electron chi connectivity index (χ2n) is 6.34. The van der Waals surface area contributed by atoms with E-state index in [2.05, 4.69) is 10.3 Å². The third-order valence-corrected chi connectivity index (χ3v) is 6.35. The maximum Gasteiger partial charge on any atom is 0.276 e. The molecule has 0 unspecified atom stereocenters. The third kappa shape index (κ3) is 4.56. The molecule has 1 amide bonds. The zero-order valence-electron chi connectivity index (χ0n) is 15.5. The van der Waals surface area contributed by atoms with Crippen LogP contribution in [0.2, 0.25) is 5.02 Å². The number of carbonyl (C=O) groups is 1. The monoisotopic (exact) mass is 459 g/mol. The van der Waals surface area contributed by atoms with Gasteiger partial charge in [-0.3, -0.25) is 14.2 Å². The molecule has 0 aliphatic rings. The van der Waals surface area contributed by atoms with Crippen molar-refractivity contribution in [3.63, 3.8) is 0 Å². The standard InChI is InChI=1S/C21H15ClFN3O2S2/c22-14-3-7-16(8-4-14)26-20(28)19-17(9-10-29-19)25-21(26)30-12-18(27)24-11-13-1-5-15(23)6-2-13/h1-10H,11-12H2,(H,24,27). The predicted molar refractivity (Wildman–Crippen MR) is 119 cm³/mol. The van der Waals surface area contributed by atoms with Crippen LogP contribution in [-0.4, -0.2) is 21.2 Å². The van der Waals surface area contributed by atoms with E-state index in [1.165, 1.54) is 39.8 Å². The predicted octanol–water partition coefficient (Wildman–Crippen LogP) is 4.65. The summed E-state index contributed by atoms with van der Waals surface area (Å²) in [4.78, 5) is 29.9. The molecule has 0 saturated heterocycles. The topological polar surface area (TPSA) is 64.0 Å². The molecule has 152 valence electrons. The second kappa shape index (κ2) is 8.99. The van der Waals surface area contributed by atoms with E-state index in [1.807, 2.05) is 5.38 Å². The molecule has 2 aromatic carbocycles. The molecule has 5 nitrogen and oxygen atoms in total. The lowest BCUT2D eigenvalue weighted by Crippen LogP contribution is -2.26. The van der Waals surface area contributed by atoms with E-state index in [0.29, 0.717) is 32.6 Å². The Balaban J connectivity index is 1.55. The maximum absolute atomic E-state index is 13.0. The highest BCUT2D eigenvalue weighted by atomic mass is 35.5. The smallest absolute Gasteiger partial charge is 0.276 e. The van der Waals surface area contributed by atoms with Crippen LogP contribution in [0.5, 0.6) is 0 Å². The Morgan fingerprint density at radius 1 is 1.13 bits per heavy atom. The Hall–Kier alpha value is -2.68. The molecule has 0 aliphatic heterocycles. The number of nitrogens with zero attached hydrogens (tertiary/aromatic N) is 2. The minimum Gasteiger partial charge on any atom is -0.351 e. The summed E-state index contributed by atoms with van der Waals surface area (Å²) in [7, 11) is 0. The van der Waals surface area contributed by atoms with Crippen LogP contribution in [0.15, 0.2) is 69.9 Å². The van der Waals surface area contributed by atoms with Crippen molar-refractivity contribution in [2.45, 2.75) is 11.7 Å². The first-order chi connectivity index (χ1) is 14.5. The van der Waals surface area contributed by atoms with Crippen molar-refractivity contribution in [1.82, 2.24) is 14.9 Å². The number of hydrogen-bond acceptors (Lipinski definition) is 5. The molecule has 2 heterocycles. The van der Waals surface area contributed by atoms with E-state index in [1.54, 1.807) is 42.5 Å². The zero-order chi connectivity index (χ0) is 21.1. The van der Waals surface area contributed by atoms with Gasteiger partial charge >= 0.3 is 0 Å². The van der Waals surface area contributed by atoms with E-state index in [0.717, 1.165) is 5.56 Å². The lowest BCUT2D eigenvalue weighted by Gasteiger charge is -2.12. The van der Waals surface area contributed by atoms with Gasteiger partial charge in [-0.15, -0.1) is 11.3 Å². The number of thiophene rings is 1. The zero-order valence-corrected chi connectivity index (χ0v) is 17.9. The van der Waals surface area contributed by atoms with Crippen molar-refractivity contribution < 1.29 is 9.18 Å². The number of nitrogens with one attached hydrogen (secondary N) is 1. The molecule has 0 saturated carbocycles. The Labute approximate surface area is 184 Å².